The van der Waals surface area contributed by atoms with E-state index >= 15 is 0 Å². The number of nitrogens with zero attached hydrogens (tertiary/aromatic N) is 2. The highest BCUT2D eigenvalue weighted by atomic mass is 16.1. The molecule has 0 radical (unpaired) electrons. The summed E-state index contributed by atoms with van der Waals surface area (Å²) in [6.07, 6.45) is 7.75. The van der Waals surface area contributed by atoms with Gasteiger partial charge in [0.15, 0.2) is 0 Å². The molecule has 1 saturated carbocycles. The van der Waals surface area contributed by atoms with Crippen LogP contribution < -0.4 is 10.6 Å². The van der Waals surface area contributed by atoms with E-state index in [-0.39, 0.29) is 11.9 Å². The summed E-state index contributed by atoms with van der Waals surface area (Å²) in [7, 11) is 0. The lowest BCUT2D eigenvalue weighted by atomic mass is 10.3. The topological polar surface area (TPSA) is 59.0 Å². The summed E-state index contributed by atoms with van der Waals surface area (Å²) < 4.78 is 2.11. The van der Waals surface area contributed by atoms with Crippen LogP contribution in [0.25, 0.3) is 0 Å². The molecule has 1 aliphatic rings. The zero-order chi connectivity index (χ0) is 14.4. The van der Waals surface area contributed by atoms with Crippen LogP contribution in [0.15, 0.2) is 12.3 Å². The van der Waals surface area contributed by atoms with Crippen molar-refractivity contribution in [2.75, 3.05) is 6.54 Å². The third-order valence-corrected chi connectivity index (χ3v) is 3.65. The molecule has 2 rings (SSSR count). The molecule has 0 bridgehead atoms. The first-order valence-corrected chi connectivity index (χ1v) is 7.69. The summed E-state index contributed by atoms with van der Waals surface area (Å²) in [5.41, 5.74) is 1.06. The van der Waals surface area contributed by atoms with Crippen LogP contribution in [0, 0.1) is 0 Å². The van der Waals surface area contributed by atoms with Crippen LogP contribution in [0.1, 0.15) is 57.7 Å². The second-order valence-corrected chi connectivity index (χ2v) is 5.87. The number of rotatable bonds is 7. The molecular formula is C15H26N4O. The van der Waals surface area contributed by atoms with Gasteiger partial charge in [0.1, 0.15) is 0 Å². The van der Waals surface area contributed by atoms with Crippen LogP contribution >= 0.6 is 0 Å². The minimum atomic E-state index is 0.101. The Hall–Kier alpha value is -1.36. The van der Waals surface area contributed by atoms with Crippen LogP contribution in [0.3, 0.4) is 0 Å². The minimum Gasteiger partial charge on any atom is -0.354 e. The highest BCUT2D eigenvalue weighted by Gasteiger charge is 2.17. The molecule has 0 aromatic carbocycles. The van der Waals surface area contributed by atoms with Gasteiger partial charge in [0.2, 0.25) is 5.91 Å². The van der Waals surface area contributed by atoms with Crippen molar-refractivity contribution in [3.63, 3.8) is 0 Å². The van der Waals surface area contributed by atoms with Gasteiger partial charge in [-0.15, -0.1) is 0 Å². The third-order valence-electron chi connectivity index (χ3n) is 3.65. The number of amides is 1. The molecule has 1 fully saturated rings. The SMILES string of the molecule is CC(C)NC(=O)CCNCc1ccn(C2CCCC2)n1. The molecule has 1 aliphatic carbocycles. The van der Waals surface area contributed by atoms with Gasteiger partial charge in [0.25, 0.3) is 0 Å². The second-order valence-electron chi connectivity index (χ2n) is 5.87. The van der Waals surface area contributed by atoms with Gasteiger partial charge in [-0.2, -0.15) is 5.10 Å². The van der Waals surface area contributed by atoms with Crippen LogP contribution in [0.2, 0.25) is 0 Å². The molecule has 2 N–H and O–H groups in total. The van der Waals surface area contributed by atoms with Crippen LogP contribution in [-0.4, -0.2) is 28.3 Å². The molecule has 5 heteroatoms. The van der Waals surface area contributed by atoms with Crippen LogP contribution in [0.5, 0.6) is 0 Å². The van der Waals surface area contributed by atoms with Crippen molar-refractivity contribution in [2.24, 2.45) is 0 Å². The Kier molecular flexibility index (Phi) is 5.59. The van der Waals surface area contributed by atoms with E-state index in [4.69, 9.17) is 0 Å². The maximum Gasteiger partial charge on any atom is 0.221 e. The van der Waals surface area contributed by atoms with Crippen molar-refractivity contribution in [3.05, 3.63) is 18.0 Å². The fourth-order valence-corrected chi connectivity index (χ4v) is 2.66. The van der Waals surface area contributed by atoms with Gasteiger partial charge in [0, 0.05) is 31.7 Å². The third kappa shape index (κ3) is 4.63. The van der Waals surface area contributed by atoms with E-state index in [2.05, 4.69) is 32.7 Å². The zero-order valence-corrected chi connectivity index (χ0v) is 12.6. The maximum atomic E-state index is 11.5. The summed E-state index contributed by atoms with van der Waals surface area (Å²) in [5.74, 6) is 0.101. The van der Waals surface area contributed by atoms with Crippen molar-refractivity contribution < 1.29 is 4.79 Å². The van der Waals surface area contributed by atoms with Crippen LogP contribution in [-0.2, 0) is 11.3 Å². The first-order chi connectivity index (χ1) is 9.65. The highest BCUT2D eigenvalue weighted by molar-refractivity contribution is 5.76. The van der Waals surface area contributed by atoms with Crippen molar-refractivity contribution in [2.45, 2.75) is 64.6 Å². The van der Waals surface area contributed by atoms with Crippen molar-refractivity contribution in [1.82, 2.24) is 20.4 Å². The highest BCUT2D eigenvalue weighted by Crippen LogP contribution is 2.28. The number of aromatic nitrogens is 2. The normalized spacial score (nSPS) is 15.9. The lowest BCUT2D eigenvalue weighted by Gasteiger charge is -2.09. The number of nitrogens with one attached hydrogen (secondary N) is 2. The molecule has 0 unspecified atom stereocenters. The van der Waals surface area contributed by atoms with E-state index in [0.29, 0.717) is 19.0 Å². The standard InChI is InChI=1S/C15H26N4O/c1-12(2)17-15(20)7-9-16-11-13-8-10-19(18-13)14-5-3-4-6-14/h8,10,12,14,16H,3-7,9,11H2,1-2H3,(H,17,20). The first kappa shape index (κ1) is 15.0. The van der Waals surface area contributed by atoms with Crippen molar-refractivity contribution in [1.29, 1.82) is 0 Å². The smallest absolute Gasteiger partial charge is 0.221 e. The van der Waals surface area contributed by atoms with E-state index < -0.39 is 0 Å². The second kappa shape index (κ2) is 7.43. The molecule has 0 atom stereocenters. The Labute approximate surface area is 121 Å². The van der Waals surface area contributed by atoms with Crippen LogP contribution in [0.4, 0.5) is 0 Å². The van der Waals surface area contributed by atoms with Gasteiger partial charge in [-0.1, -0.05) is 12.8 Å². The van der Waals surface area contributed by atoms with E-state index in [1.165, 1.54) is 25.7 Å². The van der Waals surface area contributed by atoms with Gasteiger partial charge in [-0.05, 0) is 32.8 Å². The monoisotopic (exact) mass is 278 g/mol. The predicted molar refractivity (Wildman–Crippen MR) is 79.3 cm³/mol. The molecule has 1 amide bonds. The molecule has 0 aliphatic heterocycles. The molecule has 112 valence electrons. The van der Waals surface area contributed by atoms with Gasteiger partial charge >= 0.3 is 0 Å². The summed E-state index contributed by atoms with van der Waals surface area (Å²) in [6.45, 7) is 5.37. The molecule has 1 aromatic rings. The van der Waals surface area contributed by atoms with E-state index in [1.807, 2.05) is 13.8 Å². The number of hydrogen-bond acceptors (Lipinski definition) is 3. The minimum absolute atomic E-state index is 0.101. The molecule has 5 nitrogen and oxygen atoms in total. The first-order valence-electron chi connectivity index (χ1n) is 7.69. The zero-order valence-electron chi connectivity index (χ0n) is 12.6. The van der Waals surface area contributed by atoms with E-state index in [0.717, 1.165) is 12.2 Å². The summed E-state index contributed by atoms with van der Waals surface area (Å²) >= 11 is 0. The molecule has 0 saturated heterocycles. The average molecular weight is 278 g/mol. The van der Waals surface area contributed by atoms with Crippen molar-refractivity contribution >= 4 is 5.91 Å². The Bertz CT molecular complexity index is 421. The summed E-state index contributed by atoms with van der Waals surface area (Å²) in [6, 6.07) is 2.88. The van der Waals surface area contributed by atoms with Crippen molar-refractivity contribution in [3.8, 4) is 0 Å². The Morgan fingerprint density at radius 2 is 2.20 bits per heavy atom. The quantitative estimate of drug-likeness (QED) is 0.750. The number of carbonyl (C=O) groups is 1. The van der Waals surface area contributed by atoms with Gasteiger partial charge in [-0.3, -0.25) is 9.48 Å². The Balaban J connectivity index is 1.65. The molecular weight excluding hydrogens is 252 g/mol. The van der Waals surface area contributed by atoms with Gasteiger partial charge in [0.05, 0.1) is 11.7 Å². The van der Waals surface area contributed by atoms with Gasteiger partial charge < -0.3 is 10.6 Å². The average Bonchev–Trinajstić information content (AvgIpc) is 3.04. The largest absolute Gasteiger partial charge is 0.354 e. The van der Waals surface area contributed by atoms with E-state index in [1.54, 1.807) is 0 Å². The van der Waals surface area contributed by atoms with Gasteiger partial charge in [-0.25, -0.2) is 0 Å². The van der Waals surface area contributed by atoms with E-state index in [9.17, 15) is 4.79 Å². The Morgan fingerprint density at radius 3 is 2.90 bits per heavy atom. The maximum absolute atomic E-state index is 11.5. The fraction of sp³-hybridized carbons (Fsp3) is 0.733. The summed E-state index contributed by atoms with van der Waals surface area (Å²) in [4.78, 5) is 11.5. The Morgan fingerprint density at radius 1 is 1.45 bits per heavy atom. The molecule has 1 heterocycles. The number of carbonyl (C=O) groups excluding carboxylic acids is 1. The molecule has 1 aromatic heterocycles. The lowest BCUT2D eigenvalue weighted by Crippen LogP contribution is -2.32. The fourth-order valence-electron chi connectivity index (χ4n) is 2.66. The predicted octanol–water partition coefficient (Wildman–Crippen LogP) is 2.00. The summed E-state index contributed by atoms with van der Waals surface area (Å²) in [5, 5.41) is 10.8. The molecule has 20 heavy (non-hydrogen) atoms. The number of hydrogen-bond donors (Lipinski definition) is 2. The molecule has 0 spiro atoms. The lowest BCUT2D eigenvalue weighted by molar-refractivity contribution is -0.121.